The number of piperidine rings is 1. The standard InChI is InChI=1S/C15H20N2O/c1-11(2)17-9-5-8-15(10-17)12-6-3-4-7-13(12)16-14(15)18/h3-4,6-7,11H,5,8-10H2,1-2H3,(H,16,18)/t15-/m1/s1. The molecule has 0 unspecified atom stereocenters. The average molecular weight is 244 g/mol. The minimum atomic E-state index is -0.306. The second kappa shape index (κ2) is 4.09. The molecular weight excluding hydrogens is 224 g/mol. The van der Waals surface area contributed by atoms with Crippen molar-refractivity contribution >= 4 is 11.6 Å². The molecule has 0 saturated carbocycles. The highest BCUT2D eigenvalue weighted by Gasteiger charge is 2.49. The molecule has 1 fully saturated rings. The van der Waals surface area contributed by atoms with Gasteiger partial charge in [0.15, 0.2) is 0 Å². The number of hydrogen-bond donors (Lipinski definition) is 1. The van der Waals surface area contributed by atoms with Gasteiger partial charge in [0.05, 0.1) is 5.41 Å². The lowest BCUT2D eigenvalue weighted by Crippen LogP contribution is -2.51. The summed E-state index contributed by atoms with van der Waals surface area (Å²) in [6.45, 7) is 6.37. The van der Waals surface area contributed by atoms with Gasteiger partial charge in [-0.2, -0.15) is 0 Å². The molecule has 3 nitrogen and oxygen atoms in total. The van der Waals surface area contributed by atoms with Crippen LogP contribution in [0.4, 0.5) is 5.69 Å². The highest BCUT2D eigenvalue weighted by Crippen LogP contribution is 2.43. The Morgan fingerprint density at radius 1 is 1.33 bits per heavy atom. The van der Waals surface area contributed by atoms with Crippen LogP contribution in [0.1, 0.15) is 32.3 Å². The van der Waals surface area contributed by atoms with Crippen LogP contribution in [-0.2, 0) is 10.2 Å². The van der Waals surface area contributed by atoms with E-state index in [0.717, 1.165) is 31.6 Å². The molecule has 1 N–H and O–H groups in total. The van der Waals surface area contributed by atoms with E-state index < -0.39 is 0 Å². The zero-order valence-corrected chi connectivity index (χ0v) is 11.1. The lowest BCUT2D eigenvalue weighted by atomic mass is 9.75. The Morgan fingerprint density at radius 2 is 2.11 bits per heavy atom. The van der Waals surface area contributed by atoms with Gasteiger partial charge in [0, 0.05) is 18.3 Å². The first-order chi connectivity index (χ1) is 8.63. The van der Waals surface area contributed by atoms with Crippen molar-refractivity contribution in [1.29, 1.82) is 0 Å². The van der Waals surface area contributed by atoms with Crippen molar-refractivity contribution < 1.29 is 4.79 Å². The van der Waals surface area contributed by atoms with E-state index in [4.69, 9.17) is 0 Å². The Hall–Kier alpha value is -1.35. The molecule has 0 radical (unpaired) electrons. The van der Waals surface area contributed by atoms with E-state index >= 15 is 0 Å². The third kappa shape index (κ3) is 1.57. The summed E-state index contributed by atoms with van der Waals surface area (Å²) >= 11 is 0. The fourth-order valence-corrected chi connectivity index (χ4v) is 3.31. The van der Waals surface area contributed by atoms with E-state index in [1.807, 2.05) is 18.2 Å². The van der Waals surface area contributed by atoms with Gasteiger partial charge in [0.1, 0.15) is 0 Å². The van der Waals surface area contributed by atoms with E-state index in [1.165, 1.54) is 5.56 Å². The fourth-order valence-electron chi connectivity index (χ4n) is 3.31. The maximum absolute atomic E-state index is 12.4. The zero-order valence-electron chi connectivity index (χ0n) is 11.1. The predicted molar refractivity (Wildman–Crippen MR) is 72.7 cm³/mol. The maximum Gasteiger partial charge on any atom is 0.236 e. The van der Waals surface area contributed by atoms with Gasteiger partial charge >= 0.3 is 0 Å². The van der Waals surface area contributed by atoms with Crippen molar-refractivity contribution in [3.8, 4) is 0 Å². The molecule has 1 atom stereocenters. The van der Waals surface area contributed by atoms with Crippen molar-refractivity contribution in [3.05, 3.63) is 29.8 Å². The largest absolute Gasteiger partial charge is 0.325 e. The Morgan fingerprint density at radius 3 is 2.89 bits per heavy atom. The number of benzene rings is 1. The number of carbonyl (C=O) groups is 1. The summed E-state index contributed by atoms with van der Waals surface area (Å²) in [4.78, 5) is 14.9. The SMILES string of the molecule is CC(C)N1CCC[C@]2(C1)C(=O)Nc1ccccc12. The molecular formula is C15H20N2O. The van der Waals surface area contributed by atoms with Crippen LogP contribution < -0.4 is 5.32 Å². The van der Waals surface area contributed by atoms with Crippen molar-refractivity contribution in [1.82, 2.24) is 4.90 Å². The molecule has 2 aliphatic heterocycles. The van der Waals surface area contributed by atoms with Crippen LogP contribution in [0.2, 0.25) is 0 Å². The number of fused-ring (bicyclic) bond motifs is 2. The van der Waals surface area contributed by atoms with Crippen LogP contribution in [0.3, 0.4) is 0 Å². The highest BCUT2D eigenvalue weighted by atomic mass is 16.2. The molecule has 2 aliphatic rings. The topological polar surface area (TPSA) is 32.3 Å². The zero-order chi connectivity index (χ0) is 12.8. The lowest BCUT2D eigenvalue weighted by Gasteiger charge is -2.41. The summed E-state index contributed by atoms with van der Waals surface area (Å²) < 4.78 is 0. The first-order valence-electron chi connectivity index (χ1n) is 6.78. The molecule has 2 heterocycles. The third-order valence-electron chi connectivity index (χ3n) is 4.38. The second-order valence-electron chi connectivity index (χ2n) is 5.75. The number of hydrogen-bond acceptors (Lipinski definition) is 2. The molecule has 3 rings (SSSR count). The molecule has 1 amide bonds. The Kier molecular flexibility index (Phi) is 2.67. The predicted octanol–water partition coefficient (Wildman–Crippen LogP) is 2.38. The molecule has 0 aromatic heterocycles. The normalized spacial score (nSPS) is 27.6. The Balaban J connectivity index is 2.01. The van der Waals surface area contributed by atoms with Gasteiger partial charge in [-0.25, -0.2) is 0 Å². The van der Waals surface area contributed by atoms with Crippen LogP contribution in [0.15, 0.2) is 24.3 Å². The quantitative estimate of drug-likeness (QED) is 0.822. The van der Waals surface area contributed by atoms with E-state index in [0.29, 0.717) is 6.04 Å². The molecule has 18 heavy (non-hydrogen) atoms. The molecule has 1 aromatic rings. The number of carbonyl (C=O) groups excluding carboxylic acids is 1. The lowest BCUT2D eigenvalue weighted by molar-refractivity contribution is -0.123. The average Bonchev–Trinajstić information content (AvgIpc) is 2.63. The fraction of sp³-hybridized carbons (Fsp3) is 0.533. The monoisotopic (exact) mass is 244 g/mol. The first-order valence-corrected chi connectivity index (χ1v) is 6.78. The summed E-state index contributed by atoms with van der Waals surface area (Å²) in [5.41, 5.74) is 1.90. The Labute approximate surface area is 108 Å². The minimum absolute atomic E-state index is 0.189. The molecule has 0 bridgehead atoms. The molecule has 0 aliphatic carbocycles. The number of nitrogens with one attached hydrogen (secondary N) is 1. The molecule has 1 aromatic carbocycles. The van der Waals surface area contributed by atoms with Gasteiger partial charge < -0.3 is 5.32 Å². The third-order valence-corrected chi connectivity index (χ3v) is 4.38. The molecule has 1 saturated heterocycles. The molecule has 96 valence electrons. The van der Waals surface area contributed by atoms with E-state index in [9.17, 15) is 4.79 Å². The van der Waals surface area contributed by atoms with Crippen molar-refractivity contribution in [2.24, 2.45) is 0 Å². The van der Waals surface area contributed by atoms with Crippen LogP contribution in [0.5, 0.6) is 0 Å². The van der Waals surface area contributed by atoms with Crippen LogP contribution in [0.25, 0.3) is 0 Å². The highest BCUT2D eigenvalue weighted by molar-refractivity contribution is 6.06. The number of nitrogens with zero attached hydrogens (tertiary/aromatic N) is 1. The minimum Gasteiger partial charge on any atom is -0.325 e. The second-order valence-corrected chi connectivity index (χ2v) is 5.75. The summed E-state index contributed by atoms with van der Waals surface area (Å²) in [6.07, 6.45) is 2.07. The first kappa shape index (κ1) is 11.7. The van der Waals surface area contributed by atoms with Gasteiger partial charge in [-0.15, -0.1) is 0 Å². The Bertz CT molecular complexity index is 483. The van der Waals surface area contributed by atoms with Crippen LogP contribution in [0, 0.1) is 0 Å². The summed E-state index contributed by atoms with van der Waals surface area (Å²) in [7, 11) is 0. The smallest absolute Gasteiger partial charge is 0.236 e. The molecule has 3 heteroatoms. The maximum atomic E-state index is 12.4. The number of likely N-dealkylation sites (tertiary alicyclic amines) is 1. The van der Waals surface area contributed by atoms with Gasteiger partial charge in [-0.3, -0.25) is 9.69 Å². The van der Waals surface area contributed by atoms with Gasteiger partial charge in [-0.05, 0) is 44.9 Å². The van der Waals surface area contributed by atoms with Crippen molar-refractivity contribution in [2.75, 3.05) is 18.4 Å². The van der Waals surface area contributed by atoms with Gasteiger partial charge in [-0.1, -0.05) is 18.2 Å². The van der Waals surface area contributed by atoms with Crippen molar-refractivity contribution in [2.45, 2.75) is 38.1 Å². The number of para-hydroxylation sites is 1. The van der Waals surface area contributed by atoms with E-state index in [2.05, 4.69) is 30.1 Å². The number of amides is 1. The molecule has 1 spiro atoms. The van der Waals surface area contributed by atoms with Crippen molar-refractivity contribution in [3.63, 3.8) is 0 Å². The van der Waals surface area contributed by atoms with Gasteiger partial charge in [0.2, 0.25) is 5.91 Å². The van der Waals surface area contributed by atoms with Crippen LogP contribution in [-0.4, -0.2) is 29.9 Å². The van der Waals surface area contributed by atoms with Crippen LogP contribution >= 0.6 is 0 Å². The number of anilines is 1. The summed E-state index contributed by atoms with van der Waals surface area (Å²) in [5, 5.41) is 3.05. The van der Waals surface area contributed by atoms with Gasteiger partial charge in [0.25, 0.3) is 0 Å². The number of rotatable bonds is 1. The van der Waals surface area contributed by atoms with E-state index in [1.54, 1.807) is 0 Å². The summed E-state index contributed by atoms with van der Waals surface area (Å²) in [6, 6.07) is 8.65. The van der Waals surface area contributed by atoms with E-state index in [-0.39, 0.29) is 11.3 Å². The summed E-state index contributed by atoms with van der Waals surface area (Å²) in [5.74, 6) is 0.189.